The van der Waals surface area contributed by atoms with Crippen molar-refractivity contribution in [3.05, 3.63) is 22.9 Å². The molecule has 32 heavy (non-hydrogen) atoms. The number of nitrogens with one attached hydrogen (secondary N) is 1. The number of urea groups is 2. The molecule has 14 heteroatoms. The molecule has 0 aliphatic carbocycles. The number of likely N-dealkylation sites (N-methyl/N-ethyl adjacent to an activating group) is 1. The van der Waals surface area contributed by atoms with Crippen LogP contribution < -0.4 is 11.2 Å². The molecule has 0 aromatic carbocycles. The Hall–Kier alpha value is -4.23. The van der Waals surface area contributed by atoms with Gasteiger partial charge in [0.05, 0.1) is 32.1 Å². The summed E-state index contributed by atoms with van der Waals surface area (Å²) in [7, 11) is 3.11. The van der Waals surface area contributed by atoms with Gasteiger partial charge < -0.3 is 19.9 Å². The molecule has 14 nitrogen and oxygen atoms in total. The van der Waals surface area contributed by atoms with Crippen LogP contribution in [0, 0.1) is 0 Å². The number of nitrogens with zero attached hydrogens (tertiary/aromatic N) is 3. The zero-order valence-corrected chi connectivity index (χ0v) is 17.9. The van der Waals surface area contributed by atoms with Crippen molar-refractivity contribution >= 4 is 41.6 Å². The van der Waals surface area contributed by atoms with Crippen LogP contribution in [-0.4, -0.2) is 84.8 Å². The second-order valence-corrected chi connectivity index (χ2v) is 6.41. The van der Waals surface area contributed by atoms with Crippen LogP contribution in [0.5, 0.6) is 0 Å². The van der Waals surface area contributed by atoms with Crippen molar-refractivity contribution < 1.29 is 43.0 Å². The van der Waals surface area contributed by atoms with Crippen molar-refractivity contribution in [1.29, 1.82) is 0 Å². The van der Waals surface area contributed by atoms with Gasteiger partial charge in [-0.05, 0) is 19.9 Å². The van der Waals surface area contributed by atoms with Crippen molar-refractivity contribution in [3.8, 4) is 0 Å². The fourth-order valence-electron chi connectivity index (χ4n) is 3.22. The molecule has 0 aromatic rings. The molecule has 2 rings (SSSR count). The average Bonchev–Trinajstić information content (AvgIpc) is 2.99. The third kappa shape index (κ3) is 3.55. The number of carbonyl (C=O) groups excluding carboxylic acids is 6. The van der Waals surface area contributed by atoms with E-state index in [9.17, 15) is 28.8 Å². The molecule has 1 fully saturated rings. The zero-order chi connectivity index (χ0) is 24.4. The number of hydrogen-bond acceptors (Lipinski definition) is 10. The van der Waals surface area contributed by atoms with E-state index in [1.807, 2.05) is 5.43 Å². The summed E-state index contributed by atoms with van der Waals surface area (Å²) >= 11 is 0. The highest BCUT2D eigenvalue weighted by molar-refractivity contribution is 6.26. The molecule has 0 radical (unpaired) electrons. The number of carbonyl (C=O) groups is 6. The molecule has 1 atom stereocenters. The van der Waals surface area contributed by atoms with Crippen LogP contribution in [0.4, 0.5) is 9.59 Å². The van der Waals surface area contributed by atoms with Gasteiger partial charge in [0.2, 0.25) is 5.54 Å². The van der Waals surface area contributed by atoms with Gasteiger partial charge in [-0.3, -0.25) is 14.6 Å². The highest BCUT2D eigenvalue weighted by atomic mass is 16.5. The van der Waals surface area contributed by atoms with Gasteiger partial charge in [0.1, 0.15) is 11.3 Å². The summed E-state index contributed by atoms with van der Waals surface area (Å²) < 4.78 is 14.5. The van der Waals surface area contributed by atoms with Gasteiger partial charge in [-0.1, -0.05) is 0 Å². The Labute approximate surface area is 181 Å². The van der Waals surface area contributed by atoms with Crippen molar-refractivity contribution in [1.82, 2.24) is 15.2 Å². The standard InChI is InChI=1S/C18H21N5O9/c1-6-32-15(27)18(8(2)20-21-16(19)28)7-9(13(25)30-4)10(14(26)31-5)11-12(24)22(3)17(29)23(11)18/h7H,6H2,1-5H3,(H3,19,21,28)/b20-8+. The molecule has 2 aliphatic heterocycles. The Morgan fingerprint density at radius 3 is 2.25 bits per heavy atom. The minimum atomic E-state index is -2.35. The molecule has 2 heterocycles. The molecular weight excluding hydrogens is 430 g/mol. The smallest absolute Gasteiger partial charge is 0.342 e. The Morgan fingerprint density at radius 1 is 1.16 bits per heavy atom. The maximum absolute atomic E-state index is 13.2. The van der Waals surface area contributed by atoms with Gasteiger partial charge in [0.15, 0.2) is 0 Å². The summed E-state index contributed by atoms with van der Waals surface area (Å²) in [5.41, 5.74) is 2.49. The Bertz CT molecular complexity index is 1010. The fraction of sp³-hybridized carbons (Fsp3) is 0.389. The van der Waals surface area contributed by atoms with Crippen molar-refractivity contribution in [2.75, 3.05) is 27.9 Å². The second-order valence-electron chi connectivity index (χ2n) is 6.41. The monoisotopic (exact) mass is 451 g/mol. The van der Waals surface area contributed by atoms with Gasteiger partial charge in [-0.2, -0.15) is 5.10 Å². The summed E-state index contributed by atoms with van der Waals surface area (Å²) in [5, 5.41) is 3.71. The number of ether oxygens (including phenoxy) is 3. The number of esters is 3. The first-order valence-electron chi connectivity index (χ1n) is 9.03. The minimum Gasteiger partial charge on any atom is -0.465 e. The molecule has 2 aliphatic rings. The third-order valence-electron chi connectivity index (χ3n) is 4.69. The summed E-state index contributed by atoms with van der Waals surface area (Å²) in [6.07, 6.45) is 0.887. The number of nitrogens with two attached hydrogens (primary N) is 1. The maximum Gasteiger partial charge on any atom is 0.342 e. The van der Waals surface area contributed by atoms with Crippen LogP contribution in [-0.2, 0) is 33.4 Å². The van der Waals surface area contributed by atoms with Gasteiger partial charge in [0.25, 0.3) is 5.91 Å². The van der Waals surface area contributed by atoms with Crippen LogP contribution in [0.15, 0.2) is 28.0 Å². The van der Waals surface area contributed by atoms with Crippen LogP contribution in [0.2, 0.25) is 0 Å². The van der Waals surface area contributed by atoms with Crippen molar-refractivity contribution in [3.63, 3.8) is 0 Å². The first-order chi connectivity index (χ1) is 15.0. The van der Waals surface area contributed by atoms with E-state index in [1.54, 1.807) is 0 Å². The van der Waals surface area contributed by atoms with E-state index in [1.165, 1.54) is 13.8 Å². The number of hydrogen-bond donors (Lipinski definition) is 2. The van der Waals surface area contributed by atoms with E-state index in [4.69, 9.17) is 15.2 Å². The second kappa shape index (κ2) is 8.87. The molecule has 1 unspecified atom stereocenters. The number of primary amides is 1. The Morgan fingerprint density at radius 2 is 1.75 bits per heavy atom. The predicted octanol–water partition coefficient (Wildman–Crippen LogP) is -1.23. The highest BCUT2D eigenvalue weighted by Crippen LogP contribution is 2.41. The van der Waals surface area contributed by atoms with Crippen LogP contribution in [0.1, 0.15) is 13.8 Å². The first kappa shape index (κ1) is 24.0. The number of fused-ring (bicyclic) bond motifs is 1. The van der Waals surface area contributed by atoms with E-state index in [2.05, 4.69) is 9.84 Å². The number of rotatable bonds is 6. The largest absolute Gasteiger partial charge is 0.465 e. The lowest BCUT2D eigenvalue weighted by Gasteiger charge is -2.39. The van der Waals surface area contributed by atoms with E-state index in [0.29, 0.717) is 9.80 Å². The van der Waals surface area contributed by atoms with E-state index in [0.717, 1.165) is 27.3 Å². The first-order valence-corrected chi connectivity index (χ1v) is 9.03. The van der Waals surface area contributed by atoms with Gasteiger partial charge in [-0.15, -0.1) is 0 Å². The number of imide groups is 1. The topological polar surface area (TPSA) is 187 Å². The van der Waals surface area contributed by atoms with Crippen LogP contribution >= 0.6 is 0 Å². The molecule has 3 N–H and O–H groups in total. The Balaban J connectivity index is 3.03. The third-order valence-corrected chi connectivity index (χ3v) is 4.69. The fourth-order valence-corrected chi connectivity index (χ4v) is 3.22. The van der Waals surface area contributed by atoms with E-state index in [-0.39, 0.29) is 12.3 Å². The predicted molar refractivity (Wildman–Crippen MR) is 104 cm³/mol. The molecule has 0 spiro atoms. The molecular formula is C18H21N5O9. The summed E-state index contributed by atoms with van der Waals surface area (Å²) in [5.74, 6) is -4.39. The van der Waals surface area contributed by atoms with Crippen LogP contribution in [0.25, 0.3) is 0 Å². The quantitative estimate of drug-likeness (QED) is 0.164. The Kier molecular flexibility index (Phi) is 6.66. The van der Waals surface area contributed by atoms with Crippen molar-refractivity contribution in [2.24, 2.45) is 10.8 Å². The van der Waals surface area contributed by atoms with Gasteiger partial charge in [-0.25, -0.2) is 29.4 Å². The average molecular weight is 451 g/mol. The van der Waals surface area contributed by atoms with Crippen molar-refractivity contribution in [2.45, 2.75) is 19.4 Å². The van der Waals surface area contributed by atoms with Gasteiger partial charge in [0, 0.05) is 7.05 Å². The normalized spacial score (nSPS) is 20.5. The van der Waals surface area contributed by atoms with Crippen LogP contribution in [0.3, 0.4) is 0 Å². The molecule has 1 saturated heterocycles. The number of hydrazone groups is 1. The molecule has 0 saturated carbocycles. The highest BCUT2D eigenvalue weighted by Gasteiger charge is 2.61. The van der Waals surface area contributed by atoms with E-state index >= 15 is 0 Å². The summed E-state index contributed by atoms with van der Waals surface area (Å²) in [6, 6.07) is -2.13. The maximum atomic E-state index is 13.2. The lowest BCUT2D eigenvalue weighted by atomic mass is 9.82. The zero-order valence-electron chi connectivity index (χ0n) is 17.9. The lowest BCUT2D eigenvalue weighted by Crippen LogP contribution is -2.61. The molecule has 0 aromatic heterocycles. The SMILES string of the molecule is CCOC(=O)C1(/C(C)=N/NC(N)=O)C=C(C(=O)OC)C(C(=O)OC)=C2C(=O)N(C)C(=O)N21. The number of methoxy groups -OCH3 is 2. The molecule has 5 amide bonds. The molecule has 0 bridgehead atoms. The molecule has 172 valence electrons. The summed E-state index contributed by atoms with van der Waals surface area (Å²) in [6.45, 7) is 2.54. The lowest BCUT2D eigenvalue weighted by molar-refractivity contribution is -0.149. The number of amides is 5. The summed E-state index contributed by atoms with van der Waals surface area (Å²) in [4.78, 5) is 76.7. The minimum absolute atomic E-state index is 0.159. The van der Waals surface area contributed by atoms with Gasteiger partial charge >= 0.3 is 30.0 Å². The van der Waals surface area contributed by atoms with E-state index < -0.39 is 58.3 Å².